The highest BCUT2D eigenvalue weighted by atomic mass is 35.5. The van der Waals surface area contributed by atoms with Gasteiger partial charge in [0.1, 0.15) is 17.6 Å². The Morgan fingerprint density at radius 2 is 1.78 bits per heavy atom. The lowest BCUT2D eigenvalue weighted by atomic mass is 10.1. The first-order valence-electron chi connectivity index (χ1n) is 6.85. The minimum Gasteiger partial charge on any atom is -0.495 e. The van der Waals surface area contributed by atoms with Gasteiger partial charge in [0.05, 0.1) is 12.8 Å². The fraction of sp³-hybridized carbons (Fsp3) is 0.118. The maximum absolute atomic E-state index is 12.1. The number of halogens is 2. The van der Waals surface area contributed by atoms with Crippen LogP contribution in [0.15, 0.2) is 54.2 Å². The van der Waals surface area contributed by atoms with E-state index < -0.39 is 12.1 Å². The van der Waals surface area contributed by atoms with E-state index in [1.54, 1.807) is 43.5 Å². The number of benzene rings is 2. The van der Waals surface area contributed by atoms with Crippen molar-refractivity contribution in [1.29, 1.82) is 0 Å². The number of methoxy groups -OCH3 is 1. The van der Waals surface area contributed by atoms with Crippen LogP contribution in [-0.2, 0) is 9.53 Å². The topological polar surface area (TPSA) is 47.6 Å². The number of carbonyl (C=O) groups excluding carboxylic acids is 1. The first-order valence-corrected chi connectivity index (χ1v) is 7.61. The highest BCUT2D eigenvalue weighted by molar-refractivity contribution is 6.31. The van der Waals surface area contributed by atoms with Crippen molar-refractivity contribution in [1.82, 2.24) is 0 Å². The molecule has 0 fully saturated rings. The van der Waals surface area contributed by atoms with Gasteiger partial charge < -0.3 is 14.8 Å². The zero-order valence-electron chi connectivity index (χ0n) is 12.2. The summed E-state index contributed by atoms with van der Waals surface area (Å²) in [5.74, 6) is 0.144. The second kappa shape index (κ2) is 6.52. The van der Waals surface area contributed by atoms with Crippen LogP contribution in [0.2, 0.25) is 10.0 Å². The van der Waals surface area contributed by atoms with E-state index >= 15 is 0 Å². The molecule has 0 radical (unpaired) electrons. The van der Waals surface area contributed by atoms with Gasteiger partial charge in [0.25, 0.3) is 0 Å². The van der Waals surface area contributed by atoms with Gasteiger partial charge in [-0.25, -0.2) is 4.79 Å². The van der Waals surface area contributed by atoms with E-state index in [9.17, 15) is 4.79 Å². The Hall–Kier alpha value is -2.17. The monoisotopic (exact) mass is 349 g/mol. The van der Waals surface area contributed by atoms with Gasteiger partial charge in [0, 0.05) is 10.0 Å². The molecule has 1 heterocycles. The number of cyclic esters (lactones) is 1. The molecule has 6 heteroatoms. The van der Waals surface area contributed by atoms with Gasteiger partial charge in [-0.2, -0.15) is 0 Å². The Kier molecular flexibility index (Phi) is 4.46. The molecule has 0 bridgehead atoms. The molecule has 1 unspecified atom stereocenters. The summed E-state index contributed by atoms with van der Waals surface area (Å²) in [6.07, 6.45) is 1.26. The maximum atomic E-state index is 12.1. The third-order valence-corrected chi connectivity index (χ3v) is 3.89. The van der Waals surface area contributed by atoms with Crippen LogP contribution in [-0.4, -0.2) is 13.1 Å². The zero-order chi connectivity index (χ0) is 16.4. The van der Waals surface area contributed by atoms with E-state index in [0.29, 0.717) is 27.2 Å². The van der Waals surface area contributed by atoms with E-state index in [4.69, 9.17) is 32.7 Å². The molecule has 0 aliphatic carbocycles. The first-order chi connectivity index (χ1) is 11.1. The fourth-order valence-corrected chi connectivity index (χ4v) is 2.56. The molecule has 118 valence electrons. The molecule has 2 aromatic rings. The van der Waals surface area contributed by atoms with Crippen LogP contribution >= 0.6 is 23.2 Å². The van der Waals surface area contributed by atoms with Crippen LogP contribution in [0.4, 0.5) is 5.69 Å². The average molecular weight is 350 g/mol. The summed E-state index contributed by atoms with van der Waals surface area (Å²) >= 11 is 11.9. The SMILES string of the molecule is COc1ccc(Cl)cc1NC1=CC(c2ccc(Cl)cc2)OC1=O. The van der Waals surface area contributed by atoms with Crippen molar-refractivity contribution in [2.75, 3.05) is 12.4 Å². The average Bonchev–Trinajstić information content (AvgIpc) is 2.89. The predicted octanol–water partition coefficient (Wildman–Crippen LogP) is 4.60. The maximum Gasteiger partial charge on any atom is 0.355 e. The van der Waals surface area contributed by atoms with Crippen molar-refractivity contribution < 1.29 is 14.3 Å². The summed E-state index contributed by atoms with van der Waals surface area (Å²) < 4.78 is 10.6. The normalized spacial score (nSPS) is 16.7. The Labute approximate surface area is 143 Å². The van der Waals surface area contributed by atoms with E-state index in [2.05, 4.69) is 5.32 Å². The Morgan fingerprint density at radius 1 is 1.09 bits per heavy atom. The van der Waals surface area contributed by atoms with Crippen molar-refractivity contribution in [3.63, 3.8) is 0 Å². The minimum absolute atomic E-state index is 0.338. The molecule has 0 saturated heterocycles. The lowest BCUT2D eigenvalue weighted by Gasteiger charge is -2.10. The molecule has 0 saturated carbocycles. The third kappa shape index (κ3) is 3.44. The second-order valence-electron chi connectivity index (χ2n) is 4.93. The standard InChI is InChI=1S/C17H13Cl2NO3/c1-22-15-7-6-12(19)8-13(15)20-14-9-16(23-17(14)21)10-2-4-11(18)5-3-10/h2-9,16,20H,1H3. The fourth-order valence-electron chi connectivity index (χ4n) is 2.26. The van der Waals surface area contributed by atoms with E-state index in [0.717, 1.165) is 5.56 Å². The Bertz CT molecular complexity index is 772. The number of hydrogen-bond donors (Lipinski definition) is 1. The summed E-state index contributed by atoms with van der Waals surface area (Å²) in [7, 11) is 1.55. The van der Waals surface area contributed by atoms with Gasteiger partial charge in [0.15, 0.2) is 0 Å². The number of rotatable bonds is 4. The molecule has 4 nitrogen and oxygen atoms in total. The van der Waals surface area contributed by atoms with Gasteiger partial charge in [-0.15, -0.1) is 0 Å². The van der Waals surface area contributed by atoms with Gasteiger partial charge in [0.2, 0.25) is 0 Å². The number of nitrogens with one attached hydrogen (secondary N) is 1. The van der Waals surface area contributed by atoms with Crippen LogP contribution in [0, 0.1) is 0 Å². The number of ether oxygens (including phenoxy) is 2. The Balaban J connectivity index is 1.85. The largest absolute Gasteiger partial charge is 0.495 e. The number of hydrogen-bond acceptors (Lipinski definition) is 4. The second-order valence-corrected chi connectivity index (χ2v) is 5.80. The summed E-state index contributed by atoms with van der Waals surface area (Å²) in [6.45, 7) is 0. The summed E-state index contributed by atoms with van der Waals surface area (Å²) in [6, 6.07) is 12.3. The molecule has 0 spiro atoms. The van der Waals surface area contributed by atoms with Crippen molar-refractivity contribution in [3.8, 4) is 5.75 Å². The molecule has 1 N–H and O–H groups in total. The van der Waals surface area contributed by atoms with Crippen LogP contribution < -0.4 is 10.1 Å². The summed E-state index contributed by atoms with van der Waals surface area (Å²) in [5, 5.41) is 4.18. The molecular weight excluding hydrogens is 337 g/mol. The van der Waals surface area contributed by atoms with Crippen molar-refractivity contribution in [3.05, 3.63) is 69.8 Å². The lowest BCUT2D eigenvalue weighted by molar-refractivity contribution is -0.139. The highest BCUT2D eigenvalue weighted by Gasteiger charge is 2.27. The smallest absolute Gasteiger partial charge is 0.355 e. The van der Waals surface area contributed by atoms with Crippen molar-refractivity contribution in [2.45, 2.75) is 6.10 Å². The summed E-state index contributed by atoms with van der Waals surface area (Å²) in [4.78, 5) is 12.1. The molecule has 2 aromatic carbocycles. The summed E-state index contributed by atoms with van der Waals surface area (Å²) in [5.41, 5.74) is 1.78. The van der Waals surface area contributed by atoms with Crippen LogP contribution in [0.5, 0.6) is 5.75 Å². The molecular formula is C17H13Cl2NO3. The molecule has 1 aliphatic rings. The van der Waals surface area contributed by atoms with E-state index in [1.165, 1.54) is 0 Å². The van der Waals surface area contributed by atoms with Crippen molar-refractivity contribution >= 4 is 34.9 Å². The van der Waals surface area contributed by atoms with E-state index in [-0.39, 0.29) is 0 Å². The third-order valence-electron chi connectivity index (χ3n) is 3.40. The van der Waals surface area contributed by atoms with Crippen LogP contribution in [0.25, 0.3) is 0 Å². The van der Waals surface area contributed by atoms with Gasteiger partial charge in [-0.3, -0.25) is 0 Å². The lowest BCUT2D eigenvalue weighted by Crippen LogP contribution is -2.09. The van der Waals surface area contributed by atoms with Gasteiger partial charge >= 0.3 is 5.97 Å². The highest BCUT2D eigenvalue weighted by Crippen LogP contribution is 2.33. The zero-order valence-corrected chi connectivity index (χ0v) is 13.7. The molecule has 0 aromatic heterocycles. The molecule has 1 atom stereocenters. The first kappa shape index (κ1) is 15.7. The molecule has 1 aliphatic heterocycles. The quantitative estimate of drug-likeness (QED) is 0.819. The van der Waals surface area contributed by atoms with Gasteiger partial charge in [-0.05, 0) is 42.0 Å². The van der Waals surface area contributed by atoms with Crippen LogP contribution in [0.3, 0.4) is 0 Å². The predicted molar refractivity (Wildman–Crippen MR) is 90.0 cm³/mol. The molecule has 0 amide bonds. The number of carbonyl (C=O) groups is 1. The Morgan fingerprint density at radius 3 is 2.48 bits per heavy atom. The van der Waals surface area contributed by atoms with E-state index in [1.807, 2.05) is 12.1 Å². The molecule has 23 heavy (non-hydrogen) atoms. The number of esters is 1. The number of anilines is 1. The minimum atomic E-state index is -0.451. The van der Waals surface area contributed by atoms with Crippen LogP contribution in [0.1, 0.15) is 11.7 Å². The van der Waals surface area contributed by atoms with Crippen molar-refractivity contribution in [2.24, 2.45) is 0 Å². The van der Waals surface area contributed by atoms with Gasteiger partial charge in [-0.1, -0.05) is 35.3 Å². The molecule has 3 rings (SSSR count).